The Morgan fingerprint density at radius 2 is 2.08 bits per heavy atom. The molecule has 2 fully saturated rings. The third kappa shape index (κ3) is 4.73. The summed E-state index contributed by atoms with van der Waals surface area (Å²) in [5.41, 5.74) is 0.0894. The summed E-state index contributed by atoms with van der Waals surface area (Å²) in [5.74, 6) is 0.481. The van der Waals surface area contributed by atoms with Crippen LogP contribution >= 0.6 is 11.5 Å². The van der Waals surface area contributed by atoms with Gasteiger partial charge in [-0.3, -0.25) is 14.7 Å². The van der Waals surface area contributed by atoms with Crippen molar-refractivity contribution in [2.24, 2.45) is 5.92 Å². The van der Waals surface area contributed by atoms with Crippen LogP contribution in [-0.4, -0.2) is 73.7 Å². The number of aliphatic hydroxyl groups is 1. The van der Waals surface area contributed by atoms with Crippen molar-refractivity contribution in [2.75, 3.05) is 31.2 Å². The molecule has 3 aromatic heterocycles. The van der Waals surface area contributed by atoms with E-state index < -0.39 is 17.6 Å². The van der Waals surface area contributed by atoms with Gasteiger partial charge < -0.3 is 19.8 Å². The number of carbonyl (C=O) groups is 1. The number of anilines is 1. The summed E-state index contributed by atoms with van der Waals surface area (Å²) in [6.45, 7) is 8.03. The lowest BCUT2D eigenvalue weighted by Crippen LogP contribution is -2.57. The Hall–Kier alpha value is -2.93. The smallest absolute Gasteiger partial charge is 0.341 e. The van der Waals surface area contributed by atoms with E-state index in [-0.39, 0.29) is 22.9 Å². The maximum atomic E-state index is 13.0. The molecular formula is C24H30N6O5S. The van der Waals surface area contributed by atoms with E-state index in [1.54, 1.807) is 17.6 Å². The van der Waals surface area contributed by atoms with Gasteiger partial charge in [0.1, 0.15) is 23.4 Å². The Morgan fingerprint density at radius 3 is 2.75 bits per heavy atom. The fraction of sp³-hybridized carbons (Fsp3) is 0.542. The monoisotopic (exact) mass is 514 g/mol. The van der Waals surface area contributed by atoms with Gasteiger partial charge in [0.05, 0.1) is 12.0 Å². The summed E-state index contributed by atoms with van der Waals surface area (Å²) >= 11 is 1.17. The van der Waals surface area contributed by atoms with Gasteiger partial charge in [0.25, 0.3) is 0 Å². The second-order valence-electron chi connectivity index (χ2n) is 9.59. The highest BCUT2D eigenvalue weighted by atomic mass is 32.1. The van der Waals surface area contributed by atoms with Crippen LogP contribution < -0.4 is 15.6 Å². The van der Waals surface area contributed by atoms with Crippen LogP contribution in [0.15, 0.2) is 17.1 Å². The molecule has 1 saturated carbocycles. The lowest BCUT2D eigenvalue weighted by Gasteiger charge is -2.43. The molecule has 0 bridgehead atoms. The number of aromatic carboxylic acids is 1. The van der Waals surface area contributed by atoms with Crippen molar-refractivity contribution in [2.45, 2.75) is 51.8 Å². The van der Waals surface area contributed by atoms with E-state index in [0.29, 0.717) is 54.4 Å². The number of carboxylic acids is 1. The third-order valence-corrected chi connectivity index (χ3v) is 7.39. The molecule has 4 heterocycles. The molecule has 1 saturated heterocycles. The second-order valence-corrected chi connectivity index (χ2v) is 10.3. The number of nitrogens with one attached hydrogen (secondary N) is 1. The quantitative estimate of drug-likeness (QED) is 0.343. The molecule has 2 atom stereocenters. The van der Waals surface area contributed by atoms with Gasteiger partial charge in [-0.15, -0.1) is 0 Å². The molecule has 1 unspecified atom stereocenters. The Bertz CT molecular complexity index is 1350. The van der Waals surface area contributed by atoms with E-state index in [2.05, 4.69) is 14.7 Å². The number of hydrogen-bond acceptors (Lipinski definition) is 10. The van der Waals surface area contributed by atoms with Crippen molar-refractivity contribution >= 4 is 34.4 Å². The first-order chi connectivity index (χ1) is 17.3. The molecule has 3 N–H and O–H groups in total. The molecule has 11 nitrogen and oxygen atoms in total. The van der Waals surface area contributed by atoms with E-state index in [1.807, 2.05) is 18.7 Å². The molecule has 3 aromatic rings. The minimum Gasteiger partial charge on any atom is -0.477 e. The van der Waals surface area contributed by atoms with Crippen molar-refractivity contribution in [3.05, 3.63) is 39.4 Å². The number of hydrogen-bond donors (Lipinski definition) is 3. The van der Waals surface area contributed by atoms with Crippen molar-refractivity contribution in [1.82, 2.24) is 24.2 Å². The lowest BCUT2D eigenvalue weighted by molar-refractivity contribution is 0.0327. The van der Waals surface area contributed by atoms with E-state index in [9.17, 15) is 19.8 Å². The molecule has 0 spiro atoms. The number of aryl methyl sites for hydroxylation is 1. The minimum atomic E-state index is -1.29. The fourth-order valence-electron chi connectivity index (χ4n) is 4.44. The number of fused-ring (bicyclic) bond motifs is 1. The van der Waals surface area contributed by atoms with Crippen LogP contribution in [0.2, 0.25) is 0 Å². The van der Waals surface area contributed by atoms with Crippen LogP contribution in [0.3, 0.4) is 0 Å². The minimum absolute atomic E-state index is 0.0210. The topological polar surface area (TPSA) is 143 Å². The molecule has 0 aromatic carbocycles. The summed E-state index contributed by atoms with van der Waals surface area (Å²) in [6, 6.07) is 1.82. The molecule has 12 heteroatoms. The SMILES string of the molecule is CCOC[C@@H](C)NC(O)C1CN(c2cc(C)c3c(=O)c(C(=O)O)cn(-c4nc(C5CC5)ns4)c3n2)C1. The van der Waals surface area contributed by atoms with Gasteiger partial charge in [0.15, 0.2) is 5.65 Å². The Labute approximate surface area is 211 Å². The van der Waals surface area contributed by atoms with E-state index in [4.69, 9.17) is 9.72 Å². The molecule has 0 radical (unpaired) electrons. The van der Waals surface area contributed by atoms with Gasteiger partial charge in [-0.05, 0) is 45.2 Å². The average molecular weight is 515 g/mol. The van der Waals surface area contributed by atoms with Gasteiger partial charge in [0, 0.05) is 55.3 Å². The lowest BCUT2D eigenvalue weighted by atomic mass is 9.97. The molecule has 2 aliphatic rings. The molecule has 192 valence electrons. The van der Waals surface area contributed by atoms with E-state index in [0.717, 1.165) is 18.7 Å². The first kappa shape index (κ1) is 24.8. The first-order valence-electron chi connectivity index (χ1n) is 12.2. The van der Waals surface area contributed by atoms with Crippen molar-refractivity contribution in [3.63, 3.8) is 0 Å². The van der Waals surface area contributed by atoms with Gasteiger partial charge in [-0.1, -0.05) is 0 Å². The van der Waals surface area contributed by atoms with E-state index >= 15 is 0 Å². The summed E-state index contributed by atoms with van der Waals surface area (Å²) in [4.78, 5) is 36.3. The zero-order chi connectivity index (χ0) is 25.6. The van der Waals surface area contributed by atoms with Gasteiger partial charge in [-0.25, -0.2) is 14.8 Å². The van der Waals surface area contributed by atoms with Crippen LogP contribution in [0.1, 0.15) is 54.4 Å². The zero-order valence-corrected chi connectivity index (χ0v) is 21.3. The Kier molecular flexibility index (Phi) is 6.77. The van der Waals surface area contributed by atoms with Crippen LogP contribution in [-0.2, 0) is 4.74 Å². The Morgan fingerprint density at radius 1 is 1.33 bits per heavy atom. The third-order valence-electron chi connectivity index (χ3n) is 6.66. The largest absolute Gasteiger partial charge is 0.477 e. The van der Waals surface area contributed by atoms with Crippen LogP contribution in [0, 0.1) is 12.8 Å². The van der Waals surface area contributed by atoms with Crippen molar-refractivity contribution in [3.8, 4) is 5.13 Å². The highest BCUT2D eigenvalue weighted by Gasteiger charge is 2.35. The fourth-order valence-corrected chi connectivity index (χ4v) is 5.17. The number of carboxylic acid groups (broad SMARTS) is 1. The second kappa shape index (κ2) is 9.85. The molecule has 36 heavy (non-hydrogen) atoms. The molecule has 1 aliphatic carbocycles. The van der Waals surface area contributed by atoms with Gasteiger partial charge in [-0.2, -0.15) is 4.37 Å². The van der Waals surface area contributed by atoms with Gasteiger partial charge >= 0.3 is 5.97 Å². The number of pyridine rings is 2. The maximum absolute atomic E-state index is 13.0. The predicted molar refractivity (Wildman–Crippen MR) is 135 cm³/mol. The summed E-state index contributed by atoms with van der Waals surface area (Å²) in [6.07, 6.45) is 2.72. The van der Waals surface area contributed by atoms with Crippen molar-refractivity contribution < 1.29 is 19.7 Å². The molecular weight excluding hydrogens is 484 g/mol. The molecule has 0 amide bonds. The van der Waals surface area contributed by atoms with Crippen LogP contribution in [0.25, 0.3) is 16.2 Å². The molecule has 1 aliphatic heterocycles. The standard InChI is InChI=1S/C24H30N6O5S/c1-4-35-11-13(3)25-22(32)15-8-29(9-15)17-7-12(2)18-19(31)16(23(33)34)10-30(21(18)26-17)24-27-20(28-36-24)14-5-6-14/h7,10,13-15,22,25,32H,4-6,8-9,11H2,1-3H3,(H,33,34)/t13-,22?/m1/s1. The normalized spacial score (nSPS) is 17.8. The maximum Gasteiger partial charge on any atom is 0.341 e. The Balaban J connectivity index is 1.45. The number of ether oxygens (including phenoxy) is 1. The number of aliphatic hydroxyl groups excluding tert-OH is 1. The number of rotatable bonds is 10. The van der Waals surface area contributed by atoms with Crippen LogP contribution in [0.5, 0.6) is 0 Å². The number of nitrogens with zero attached hydrogens (tertiary/aromatic N) is 5. The summed E-state index contributed by atoms with van der Waals surface area (Å²) in [5, 5.41) is 24.1. The highest BCUT2D eigenvalue weighted by molar-refractivity contribution is 7.08. The predicted octanol–water partition coefficient (Wildman–Crippen LogP) is 1.89. The zero-order valence-electron chi connectivity index (χ0n) is 20.5. The van der Waals surface area contributed by atoms with Crippen LogP contribution in [0.4, 0.5) is 5.82 Å². The average Bonchev–Trinajstić information content (AvgIpc) is 3.53. The summed E-state index contributed by atoms with van der Waals surface area (Å²) in [7, 11) is 0. The highest BCUT2D eigenvalue weighted by Crippen LogP contribution is 2.39. The molecule has 5 rings (SSSR count). The summed E-state index contributed by atoms with van der Waals surface area (Å²) < 4.78 is 11.4. The number of aromatic nitrogens is 4. The van der Waals surface area contributed by atoms with Crippen molar-refractivity contribution in [1.29, 1.82) is 0 Å². The first-order valence-corrected chi connectivity index (χ1v) is 12.9. The van der Waals surface area contributed by atoms with E-state index in [1.165, 1.54) is 17.7 Å². The van der Waals surface area contributed by atoms with Gasteiger partial charge in [0.2, 0.25) is 10.6 Å².